The molecule has 2 amide bonds. The molecule has 23 heavy (non-hydrogen) atoms. The zero-order valence-corrected chi connectivity index (χ0v) is 13.1. The third-order valence-corrected chi connectivity index (χ3v) is 4.19. The molecule has 1 aromatic carbocycles. The fraction of sp³-hybridized carbons (Fsp3) is 0.312. The highest BCUT2D eigenvalue weighted by atomic mass is 35.5. The fourth-order valence-corrected chi connectivity index (χ4v) is 2.82. The summed E-state index contributed by atoms with van der Waals surface area (Å²) in [5.41, 5.74) is -0.402. The number of nitrogens with zero attached hydrogens (tertiary/aromatic N) is 2. The topological polar surface area (TPSA) is 57.5 Å². The van der Waals surface area contributed by atoms with Gasteiger partial charge in [0.15, 0.2) is 5.67 Å². The zero-order chi connectivity index (χ0) is 16.4. The SMILES string of the molecule is O=C(Nc1ccc(Cl)cc1-n1cccc1)N1CC[C@@](F)(CO)C1. The minimum Gasteiger partial charge on any atom is -0.393 e. The Kier molecular flexibility index (Phi) is 4.28. The second-order valence-electron chi connectivity index (χ2n) is 5.66. The molecule has 5 nitrogen and oxygen atoms in total. The lowest BCUT2D eigenvalue weighted by Crippen LogP contribution is -2.37. The Bertz CT molecular complexity index is 707. The lowest BCUT2D eigenvalue weighted by atomic mass is 10.1. The van der Waals surface area contributed by atoms with E-state index in [4.69, 9.17) is 16.7 Å². The first kappa shape index (κ1) is 15.8. The maximum atomic E-state index is 14.1. The average Bonchev–Trinajstić information content (AvgIpc) is 3.19. The Hall–Kier alpha value is -2.05. The number of halogens is 2. The number of aliphatic hydroxyl groups is 1. The molecular weight excluding hydrogens is 321 g/mol. The highest BCUT2D eigenvalue weighted by molar-refractivity contribution is 6.30. The Morgan fingerprint density at radius 3 is 2.78 bits per heavy atom. The predicted molar refractivity (Wildman–Crippen MR) is 86.9 cm³/mol. The van der Waals surface area contributed by atoms with Gasteiger partial charge in [-0.3, -0.25) is 0 Å². The Morgan fingerprint density at radius 2 is 2.13 bits per heavy atom. The van der Waals surface area contributed by atoms with E-state index in [0.717, 1.165) is 5.69 Å². The molecule has 1 saturated heterocycles. The molecule has 7 heteroatoms. The van der Waals surface area contributed by atoms with Crippen molar-refractivity contribution in [3.05, 3.63) is 47.7 Å². The molecule has 2 N–H and O–H groups in total. The maximum Gasteiger partial charge on any atom is 0.322 e. The first-order valence-corrected chi connectivity index (χ1v) is 7.67. The van der Waals surface area contributed by atoms with E-state index in [2.05, 4.69) is 5.32 Å². The van der Waals surface area contributed by atoms with Crippen molar-refractivity contribution < 1.29 is 14.3 Å². The van der Waals surface area contributed by atoms with Gasteiger partial charge in [0, 0.05) is 30.4 Å². The van der Waals surface area contributed by atoms with Crippen LogP contribution in [0.2, 0.25) is 5.02 Å². The highest BCUT2D eigenvalue weighted by Crippen LogP contribution is 2.28. The summed E-state index contributed by atoms with van der Waals surface area (Å²) in [6.07, 6.45) is 3.83. The summed E-state index contributed by atoms with van der Waals surface area (Å²) in [6.45, 7) is -0.413. The van der Waals surface area contributed by atoms with Gasteiger partial charge in [-0.25, -0.2) is 9.18 Å². The number of hydrogen-bond acceptors (Lipinski definition) is 2. The molecule has 0 bridgehead atoms. The number of amides is 2. The van der Waals surface area contributed by atoms with Gasteiger partial charge < -0.3 is 19.9 Å². The summed E-state index contributed by atoms with van der Waals surface area (Å²) in [7, 11) is 0. The van der Waals surface area contributed by atoms with E-state index in [-0.39, 0.29) is 19.5 Å². The van der Waals surface area contributed by atoms with Gasteiger partial charge in [-0.2, -0.15) is 0 Å². The number of anilines is 1. The lowest BCUT2D eigenvalue weighted by molar-refractivity contribution is 0.0813. The van der Waals surface area contributed by atoms with Crippen LogP contribution < -0.4 is 5.32 Å². The van der Waals surface area contributed by atoms with E-state index >= 15 is 0 Å². The van der Waals surface area contributed by atoms with Gasteiger partial charge in [-0.05, 0) is 30.3 Å². The minimum absolute atomic E-state index is 0.109. The van der Waals surface area contributed by atoms with Crippen LogP contribution in [0.25, 0.3) is 5.69 Å². The van der Waals surface area contributed by atoms with Crippen molar-refractivity contribution >= 4 is 23.3 Å². The summed E-state index contributed by atoms with van der Waals surface area (Å²) in [5.74, 6) is 0. The third kappa shape index (κ3) is 3.33. The smallest absolute Gasteiger partial charge is 0.322 e. The molecule has 3 rings (SSSR count). The molecule has 1 fully saturated rings. The van der Waals surface area contributed by atoms with E-state index in [1.165, 1.54) is 4.90 Å². The first-order valence-electron chi connectivity index (χ1n) is 7.29. The van der Waals surface area contributed by atoms with Gasteiger partial charge in [0.2, 0.25) is 0 Å². The molecule has 0 unspecified atom stereocenters. The molecular formula is C16H17ClFN3O2. The van der Waals surface area contributed by atoms with E-state index < -0.39 is 18.3 Å². The van der Waals surface area contributed by atoms with Crippen LogP contribution in [0.1, 0.15) is 6.42 Å². The number of carbonyl (C=O) groups is 1. The van der Waals surface area contributed by atoms with Crippen LogP contribution in [0, 0.1) is 0 Å². The van der Waals surface area contributed by atoms with Crippen LogP contribution in [0.5, 0.6) is 0 Å². The van der Waals surface area contributed by atoms with Crippen LogP contribution in [-0.2, 0) is 0 Å². The van der Waals surface area contributed by atoms with E-state index in [1.54, 1.807) is 18.2 Å². The van der Waals surface area contributed by atoms with E-state index in [1.807, 2.05) is 29.1 Å². The maximum absolute atomic E-state index is 14.1. The number of aliphatic hydroxyl groups excluding tert-OH is 1. The van der Waals surface area contributed by atoms with Crippen LogP contribution in [0.15, 0.2) is 42.7 Å². The van der Waals surface area contributed by atoms with Gasteiger partial charge in [0.1, 0.15) is 0 Å². The lowest BCUT2D eigenvalue weighted by Gasteiger charge is -2.20. The zero-order valence-electron chi connectivity index (χ0n) is 12.4. The van der Waals surface area contributed by atoms with Crippen molar-refractivity contribution in [2.24, 2.45) is 0 Å². The second-order valence-corrected chi connectivity index (χ2v) is 6.10. The molecule has 0 radical (unpaired) electrons. The second kappa shape index (κ2) is 6.22. The van der Waals surface area contributed by atoms with Gasteiger partial charge in [-0.1, -0.05) is 11.6 Å². The van der Waals surface area contributed by atoms with E-state index in [0.29, 0.717) is 10.7 Å². The molecule has 2 heterocycles. The van der Waals surface area contributed by atoms with Crippen LogP contribution in [0.3, 0.4) is 0 Å². The van der Waals surface area contributed by atoms with Gasteiger partial charge >= 0.3 is 6.03 Å². The number of urea groups is 1. The summed E-state index contributed by atoms with van der Waals surface area (Å²) in [6, 6.07) is 8.47. The molecule has 0 spiro atoms. The number of rotatable bonds is 3. The number of hydrogen-bond donors (Lipinski definition) is 2. The molecule has 0 saturated carbocycles. The largest absolute Gasteiger partial charge is 0.393 e. The molecule has 2 aromatic rings. The number of nitrogens with one attached hydrogen (secondary N) is 1. The van der Waals surface area contributed by atoms with Gasteiger partial charge in [-0.15, -0.1) is 0 Å². The van der Waals surface area contributed by atoms with Crippen molar-refractivity contribution in [2.45, 2.75) is 12.1 Å². The van der Waals surface area contributed by atoms with E-state index in [9.17, 15) is 9.18 Å². The standard InChI is InChI=1S/C16H17ClFN3O2/c17-12-3-4-13(14(9-12)20-6-1-2-7-20)19-15(23)21-8-5-16(18,10-21)11-22/h1-4,6-7,9,22H,5,8,10-11H2,(H,19,23)/t16-/m0/s1. The third-order valence-electron chi connectivity index (χ3n) is 3.96. The van der Waals surface area contributed by atoms with Crippen molar-refractivity contribution in [1.29, 1.82) is 0 Å². The number of aromatic nitrogens is 1. The monoisotopic (exact) mass is 337 g/mol. The molecule has 122 valence electrons. The molecule has 1 aliphatic heterocycles. The first-order chi connectivity index (χ1) is 11.0. The van der Waals surface area contributed by atoms with Crippen molar-refractivity contribution in [3.63, 3.8) is 0 Å². The summed E-state index contributed by atoms with van der Waals surface area (Å²) in [5, 5.41) is 12.4. The molecule has 1 atom stereocenters. The highest BCUT2D eigenvalue weighted by Gasteiger charge is 2.39. The van der Waals surface area contributed by atoms with Crippen molar-refractivity contribution in [1.82, 2.24) is 9.47 Å². The number of alkyl halides is 1. The minimum atomic E-state index is -1.71. The molecule has 1 aliphatic rings. The predicted octanol–water partition coefficient (Wildman–Crippen LogP) is 3.07. The van der Waals surface area contributed by atoms with Gasteiger partial charge in [0.05, 0.1) is 24.5 Å². The Labute approximate surface area is 138 Å². The summed E-state index contributed by atoms with van der Waals surface area (Å²) >= 11 is 6.04. The van der Waals surface area contributed by atoms with Crippen molar-refractivity contribution in [2.75, 3.05) is 25.0 Å². The van der Waals surface area contributed by atoms with Crippen LogP contribution in [0.4, 0.5) is 14.9 Å². The fourth-order valence-electron chi connectivity index (χ4n) is 2.65. The number of benzene rings is 1. The Morgan fingerprint density at radius 1 is 1.39 bits per heavy atom. The number of likely N-dealkylation sites (tertiary alicyclic amines) is 1. The molecule has 0 aliphatic carbocycles. The summed E-state index contributed by atoms with van der Waals surface area (Å²) < 4.78 is 15.9. The van der Waals surface area contributed by atoms with Crippen molar-refractivity contribution in [3.8, 4) is 5.69 Å². The molecule has 1 aromatic heterocycles. The Balaban J connectivity index is 1.80. The van der Waals surface area contributed by atoms with Crippen LogP contribution >= 0.6 is 11.6 Å². The van der Waals surface area contributed by atoms with Crippen LogP contribution in [-0.4, -0.2) is 46.0 Å². The summed E-state index contributed by atoms with van der Waals surface area (Å²) in [4.78, 5) is 13.7. The average molecular weight is 338 g/mol. The van der Waals surface area contributed by atoms with Gasteiger partial charge in [0.25, 0.3) is 0 Å². The number of carbonyl (C=O) groups excluding carboxylic acids is 1. The normalized spacial score (nSPS) is 20.7. The quantitative estimate of drug-likeness (QED) is 0.904.